The largest absolute Gasteiger partial charge is 0.463 e. The van der Waals surface area contributed by atoms with Gasteiger partial charge in [0.05, 0.1) is 19.0 Å². The smallest absolute Gasteiger partial charge is 0.331 e. The molecule has 0 aromatic heterocycles. The molecule has 7 nitrogen and oxygen atoms in total. The van der Waals surface area contributed by atoms with Crippen molar-refractivity contribution >= 4 is 22.0 Å². The summed E-state index contributed by atoms with van der Waals surface area (Å²) in [6, 6.07) is 0. The van der Waals surface area contributed by atoms with Crippen LogP contribution in [0.4, 0.5) is 0 Å². The molecule has 0 saturated heterocycles. The molecule has 0 aromatic rings. The molecule has 0 bridgehead atoms. The molecule has 0 aliphatic heterocycles. The highest BCUT2D eigenvalue weighted by atomic mass is 32.2. The van der Waals surface area contributed by atoms with Crippen LogP contribution in [0.5, 0.6) is 0 Å². The maximum atomic E-state index is 11.5. The summed E-state index contributed by atoms with van der Waals surface area (Å²) in [4.78, 5) is 22.1. The van der Waals surface area contributed by atoms with E-state index in [4.69, 9.17) is 4.74 Å². The Balaban J connectivity index is 3.81. The van der Waals surface area contributed by atoms with Gasteiger partial charge < -0.3 is 9.47 Å². The summed E-state index contributed by atoms with van der Waals surface area (Å²) in [7, 11) is -3.27. The van der Waals surface area contributed by atoms with Gasteiger partial charge in [-0.2, -0.15) is 0 Å². The zero-order valence-corrected chi connectivity index (χ0v) is 13.4. The summed E-state index contributed by atoms with van der Waals surface area (Å²) in [6.45, 7) is 5.78. The lowest BCUT2D eigenvalue weighted by Gasteiger charge is -2.08. The standard InChI is InChI=1S/C13H23NO6S/c1-4-19-12(15)6-7-13(16)20-9-5-8-14-21(17,18)10-11(2)3/h6-7,11,14H,4-5,8-10H2,1-3H3/b7-6+. The molecule has 0 rings (SSSR count). The first-order valence-corrected chi connectivity index (χ1v) is 8.41. The Hall–Kier alpha value is -1.41. The van der Waals surface area contributed by atoms with E-state index in [-0.39, 0.29) is 31.4 Å². The molecule has 8 heteroatoms. The molecule has 21 heavy (non-hydrogen) atoms. The number of nitrogens with one attached hydrogen (secondary N) is 1. The Bertz CT molecular complexity index is 455. The van der Waals surface area contributed by atoms with Crippen LogP contribution in [0, 0.1) is 5.92 Å². The van der Waals surface area contributed by atoms with Gasteiger partial charge in [-0.25, -0.2) is 22.7 Å². The van der Waals surface area contributed by atoms with Gasteiger partial charge in [0, 0.05) is 18.7 Å². The van der Waals surface area contributed by atoms with Crippen molar-refractivity contribution in [2.45, 2.75) is 27.2 Å². The molecule has 1 N–H and O–H groups in total. The van der Waals surface area contributed by atoms with Crippen LogP contribution in [0.3, 0.4) is 0 Å². The fourth-order valence-electron chi connectivity index (χ4n) is 1.34. The van der Waals surface area contributed by atoms with E-state index in [0.29, 0.717) is 6.42 Å². The average Bonchev–Trinajstić information content (AvgIpc) is 2.34. The molecule has 0 saturated carbocycles. The highest BCUT2D eigenvalue weighted by molar-refractivity contribution is 7.89. The first-order chi connectivity index (χ1) is 9.76. The highest BCUT2D eigenvalue weighted by Gasteiger charge is 2.11. The van der Waals surface area contributed by atoms with Gasteiger partial charge in [-0.15, -0.1) is 0 Å². The predicted molar refractivity (Wildman–Crippen MR) is 78.0 cm³/mol. The summed E-state index contributed by atoms with van der Waals surface area (Å²) < 4.78 is 34.8. The first kappa shape index (κ1) is 19.6. The first-order valence-electron chi connectivity index (χ1n) is 6.75. The number of rotatable bonds is 10. The summed E-state index contributed by atoms with van der Waals surface area (Å²) >= 11 is 0. The Morgan fingerprint density at radius 3 is 2.24 bits per heavy atom. The lowest BCUT2D eigenvalue weighted by Crippen LogP contribution is -2.30. The second-order valence-electron chi connectivity index (χ2n) is 4.68. The van der Waals surface area contributed by atoms with Crippen LogP contribution in [0.25, 0.3) is 0 Å². The van der Waals surface area contributed by atoms with Gasteiger partial charge >= 0.3 is 11.9 Å². The zero-order valence-electron chi connectivity index (χ0n) is 12.6. The van der Waals surface area contributed by atoms with E-state index in [9.17, 15) is 18.0 Å². The molecule has 0 aliphatic rings. The van der Waals surface area contributed by atoms with Crippen LogP contribution in [-0.2, 0) is 29.1 Å². The number of hydrogen-bond donors (Lipinski definition) is 1. The Labute approximate surface area is 125 Å². The van der Waals surface area contributed by atoms with E-state index in [1.54, 1.807) is 6.92 Å². The topological polar surface area (TPSA) is 98.8 Å². The maximum absolute atomic E-state index is 11.5. The third kappa shape index (κ3) is 12.1. The summed E-state index contributed by atoms with van der Waals surface area (Å²) in [5.74, 6) is -1.17. The third-order valence-corrected chi connectivity index (χ3v) is 3.83. The minimum atomic E-state index is -3.27. The molecule has 0 amide bonds. The van der Waals surface area contributed by atoms with Crippen molar-refractivity contribution in [2.75, 3.05) is 25.5 Å². The lowest BCUT2D eigenvalue weighted by molar-refractivity contribution is -0.140. The van der Waals surface area contributed by atoms with Crippen molar-refractivity contribution in [1.82, 2.24) is 4.72 Å². The van der Waals surface area contributed by atoms with E-state index < -0.39 is 22.0 Å². The van der Waals surface area contributed by atoms with Crippen LogP contribution in [0.15, 0.2) is 12.2 Å². The average molecular weight is 321 g/mol. The van der Waals surface area contributed by atoms with Gasteiger partial charge in [0.2, 0.25) is 10.0 Å². The number of carbonyl (C=O) groups is 2. The Morgan fingerprint density at radius 1 is 1.14 bits per heavy atom. The fourth-order valence-corrected chi connectivity index (χ4v) is 2.80. The molecule has 0 fully saturated rings. The van der Waals surface area contributed by atoms with Crippen LogP contribution >= 0.6 is 0 Å². The molecule has 0 unspecified atom stereocenters. The number of esters is 2. The summed E-state index contributed by atoms with van der Waals surface area (Å²) in [6.07, 6.45) is 2.31. The predicted octanol–water partition coefficient (Wildman–Crippen LogP) is 0.614. The number of carbonyl (C=O) groups excluding carboxylic acids is 2. The molecular weight excluding hydrogens is 298 g/mol. The SMILES string of the molecule is CCOC(=O)/C=C/C(=O)OCCCNS(=O)(=O)CC(C)C. The third-order valence-electron chi connectivity index (χ3n) is 2.08. The molecule has 0 aromatic carbocycles. The van der Waals surface area contributed by atoms with Gasteiger partial charge in [0.25, 0.3) is 0 Å². The van der Waals surface area contributed by atoms with Gasteiger partial charge in [-0.3, -0.25) is 0 Å². The zero-order chi connectivity index (χ0) is 16.3. The summed E-state index contributed by atoms with van der Waals surface area (Å²) in [5.41, 5.74) is 0. The second-order valence-corrected chi connectivity index (χ2v) is 6.53. The molecule has 122 valence electrons. The lowest BCUT2D eigenvalue weighted by atomic mass is 10.3. The number of hydrogen-bond acceptors (Lipinski definition) is 6. The summed E-state index contributed by atoms with van der Waals surface area (Å²) in [5, 5.41) is 0. The van der Waals surface area contributed by atoms with Crippen molar-refractivity contribution < 1.29 is 27.5 Å². The van der Waals surface area contributed by atoms with Crippen molar-refractivity contribution in [1.29, 1.82) is 0 Å². The van der Waals surface area contributed by atoms with Gasteiger partial charge in [0.1, 0.15) is 0 Å². The fraction of sp³-hybridized carbons (Fsp3) is 0.692. The molecule has 0 aliphatic carbocycles. The highest BCUT2D eigenvalue weighted by Crippen LogP contribution is 1.97. The van der Waals surface area contributed by atoms with E-state index in [0.717, 1.165) is 12.2 Å². The molecular formula is C13H23NO6S. The van der Waals surface area contributed by atoms with E-state index in [1.165, 1.54) is 0 Å². The monoisotopic (exact) mass is 321 g/mol. The number of ether oxygens (including phenoxy) is 2. The quantitative estimate of drug-likeness (QED) is 0.360. The van der Waals surface area contributed by atoms with Crippen LogP contribution < -0.4 is 4.72 Å². The normalized spacial score (nSPS) is 11.8. The van der Waals surface area contributed by atoms with Crippen molar-refractivity contribution in [3.63, 3.8) is 0 Å². The van der Waals surface area contributed by atoms with E-state index in [1.807, 2.05) is 13.8 Å². The molecule has 0 heterocycles. The second kappa shape index (κ2) is 10.3. The van der Waals surface area contributed by atoms with Gasteiger partial charge in [-0.1, -0.05) is 13.8 Å². The van der Waals surface area contributed by atoms with Crippen molar-refractivity contribution in [3.8, 4) is 0 Å². The van der Waals surface area contributed by atoms with Crippen molar-refractivity contribution in [2.24, 2.45) is 5.92 Å². The van der Waals surface area contributed by atoms with Crippen LogP contribution in [0.2, 0.25) is 0 Å². The van der Waals surface area contributed by atoms with E-state index >= 15 is 0 Å². The molecule has 0 atom stereocenters. The van der Waals surface area contributed by atoms with Crippen molar-refractivity contribution in [3.05, 3.63) is 12.2 Å². The van der Waals surface area contributed by atoms with Gasteiger partial charge in [0.15, 0.2) is 0 Å². The van der Waals surface area contributed by atoms with Gasteiger partial charge in [-0.05, 0) is 19.3 Å². The Kier molecular flexibility index (Phi) is 9.64. The minimum Gasteiger partial charge on any atom is -0.463 e. The van der Waals surface area contributed by atoms with Crippen LogP contribution in [-0.4, -0.2) is 45.9 Å². The molecule has 0 radical (unpaired) electrons. The number of sulfonamides is 1. The maximum Gasteiger partial charge on any atom is 0.331 e. The molecule has 0 spiro atoms. The van der Waals surface area contributed by atoms with Crippen LogP contribution in [0.1, 0.15) is 27.2 Å². The minimum absolute atomic E-state index is 0.0494. The Morgan fingerprint density at radius 2 is 1.71 bits per heavy atom. The van der Waals surface area contributed by atoms with E-state index in [2.05, 4.69) is 9.46 Å².